The first-order valence-corrected chi connectivity index (χ1v) is 13.9. The van der Waals surface area contributed by atoms with Crippen molar-refractivity contribution in [1.82, 2.24) is 9.47 Å². The van der Waals surface area contributed by atoms with Gasteiger partial charge in [0.05, 0.1) is 20.6 Å². The summed E-state index contributed by atoms with van der Waals surface area (Å²) < 4.78 is 2.18. The molecule has 0 spiro atoms. The van der Waals surface area contributed by atoms with E-state index in [0.717, 1.165) is 45.7 Å². The van der Waals surface area contributed by atoms with Gasteiger partial charge in [-0.25, -0.2) is 4.99 Å². The molecule has 0 bridgehead atoms. The van der Waals surface area contributed by atoms with Crippen molar-refractivity contribution in [3.8, 4) is 0 Å². The average Bonchev–Trinajstić information content (AvgIpc) is 3.38. The summed E-state index contributed by atoms with van der Waals surface area (Å²) in [4.78, 5) is 20.8. The maximum absolute atomic E-state index is 13.5. The topological polar surface area (TPSA) is 37.6 Å². The molecule has 7 heteroatoms. The Balaban J connectivity index is 1.51. The number of amides is 1. The third-order valence-corrected chi connectivity index (χ3v) is 8.07. The SMILES string of the molecule is CCCCN1C(=O)/C(=C\c2cn(Cc3ccc(Cl)c(Cl)c3)c3ccccc23)SC1=Nc1ccc(C)cc1. The van der Waals surface area contributed by atoms with Crippen LogP contribution in [-0.2, 0) is 11.3 Å². The Morgan fingerprint density at radius 1 is 1.00 bits per heavy atom. The first-order valence-electron chi connectivity index (χ1n) is 12.3. The van der Waals surface area contributed by atoms with Crippen LogP contribution in [0.2, 0.25) is 10.0 Å². The lowest BCUT2D eigenvalue weighted by atomic mass is 10.1. The molecule has 1 aromatic heterocycles. The minimum atomic E-state index is 0.00521. The molecule has 0 saturated carbocycles. The van der Waals surface area contributed by atoms with E-state index in [2.05, 4.69) is 36.7 Å². The number of fused-ring (bicyclic) bond motifs is 1. The van der Waals surface area contributed by atoms with Gasteiger partial charge in [-0.05, 0) is 67.1 Å². The zero-order chi connectivity index (χ0) is 25.9. The minimum Gasteiger partial charge on any atom is -0.342 e. The molecule has 37 heavy (non-hydrogen) atoms. The quantitative estimate of drug-likeness (QED) is 0.217. The van der Waals surface area contributed by atoms with Gasteiger partial charge in [-0.1, -0.05) is 78.5 Å². The average molecular weight is 549 g/mol. The van der Waals surface area contributed by atoms with Gasteiger partial charge >= 0.3 is 0 Å². The number of amidine groups is 1. The van der Waals surface area contributed by atoms with Crippen LogP contribution in [0.4, 0.5) is 5.69 Å². The molecular weight excluding hydrogens is 521 g/mol. The summed E-state index contributed by atoms with van der Waals surface area (Å²) in [6, 6.07) is 22.0. The van der Waals surface area contributed by atoms with Crippen molar-refractivity contribution in [1.29, 1.82) is 0 Å². The van der Waals surface area contributed by atoms with Gasteiger partial charge in [-0.3, -0.25) is 9.69 Å². The molecule has 0 aliphatic carbocycles. The fourth-order valence-corrected chi connectivity index (χ4v) is 5.67. The van der Waals surface area contributed by atoms with Gasteiger partial charge in [-0.15, -0.1) is 0 Å². The number of aryl methyl sites for hydroxylation is 1. The smallest absolute Gasteiger partial charge is 0.266 e. The number of benzene rings is 3. The molecule has 0 N–H and O–H groups in total. The third-order valence-electron chi connectivity index (χ3n) is 6.33. The number of hydrogen-bond donors (Lipinski definition) is 0. The standard InChI is InChI=1S/C30H27Cl2N3OS/c1-3-4-15-35-29(36)28(37-30(35)33-23-12-9-20(2)10-13-23)17-22-19-34(27-8-6-5-7-24(22)27)18-21-11-14-25(31)26(32)16-21/h5-14,16-17,19H,3-4,15,18H2,1-2H3/b28-17+,33-30?. The number of carbonyl (C=O) groups excluding carboxylic acids is 1. The fraction of sp³-hybridized carbons (Fsp3) is 0.200. The van der Waals surface area contributed by atoms with Crippen LogP contribution < -0.4 is 0 Å². The number of aliphatic imine (C=N–C) groups is 1. The number of carbonyl (C=O) groups is 1. The number of halogens is 2. The zero-order valence-electron chi connectivity index (χ0n) is 20.7. The molecule has 0 radical (unpaired) electrons. The lowest BCUT2D eigenvalue weighted by Gasteiger charge is -2.14. The highest BCUT2D eigenvalue weighted by Gasteiger charge is 2.33. The van der Waals surface area contributed by atoms with Crippen LogP contribution in [0.3, 0.4) is 0 Å². The van der Waals surface area contributed by atoms with E-state index >= 15 is 0 Å². The van der Waals surface area contributed by atoms with Crippen molar-refractivity contribution in [3.63, 3.8) is 0 Å². The van der Waals surface area contributed by atoms with Gasteiger partial charge in [0, 0.05) is 35.8 Å². The number of para-hydroxylation sites is 1. The van der Waals surface area contributed by atoms with E-state index in [-0.39, 0.29) is 5.91 Å². The van der Waals surface area contributed by atoms with Crippen molar-refractivity contribution >= 4 is 68.7 Å². The highest BCUT2D eigenvalue weighted by molar-refractivity contribution is 8.18. The van der Waals surface area contributed by atoms with Crippen LogP contribution in [0, 0.1) is 6.92 Å². The molecule has 1 aliphatic rings. The van der Waals surface area contributed by atoms with E-state index in [1.165, 1.54) is 17.3 Å². The lowest BCUT2D eigenvalue weighted by molar-refractivity contribution is -0.122. The molecule has 5 rings (SSSR count). The first kappa shape index (κ1) is 25.7. The summed E-state index contributed by atoms with van der Waals surface area (Å²) in [5.74, 6) is 0.00521. The molecule has 4 nitrogen and oxygen atoms in total. The Morgan fingerprint density at radius 3 is 2.54 bits per heavy atom. The highest BCUT2D eigenvalue weighted by atomic mass is 35.5. The predicted molar refractivity (Wildman–Crippen MR) is 158 cm³/mol. The van der Waals surface area contributed by atoms with E-state index in [9.17, 15) is 4.79 Å². The maximum Gasteiger partial charge on any atom is 0.266 e. The molecule has 2 heterocycles. The van der Waals surface area contributed by atoms with Crippen LogP contribution in [0.15, 0.2) is 82.8 Å². The van der Waals surface area contributed by atoms with Gasteiger partial charge in [0.2, 0.25) is 0 Å². The molecule has 4 aromatic rings. The summed E-state index contributed by atoms with van der Waals surface area (Å²) in [5.41, 5.74) is 5.17. The Morgan fingerprint density at radius 2 is 1.78 bits per heavy atom. The second-order valence-electron chi connectivity index (χ2n) is 9.13. The fourth-order valence-electron chi connectivity index (χ4n) is 4.33. The Kier molecular flexibility index (Phi) is 7.75. The lowest BCUT2D eigenvalue weighted by Crippen LogP contribution is -2.30. The summed E-state index contributed by atoms with van der Waals surface area (Å²) in [6.07, 6.45) is 6.03. The molecule has 1 aliphatic heterocycles. The molecular formula is C30H27Cl2N3OS. The highest BCUT2D eigenvalue weighted by Crippen LogP contribution is 2.36. The van der Waals surface area contributed by atoms with Crippen molar-refractivity contribution in [3.05, 3.63) is 105 Å². The van der Waals surface area contributed by atoms with E-state index in [1.807, 2.05) is 65.6 Å². The summed E-state index contributed by atoms with van der Waals surface area (Å²) in [7, 11) is 0. The Hall–Kier alpha value is -2.99. The second-order valence-corrected chi connectivity index (χ2v) is 11.0. The van der Waals surface area contributed by atoms with E-state index in [1.54, 1.807) is 0 Å². The largest absolute Gasteiger partial charge is 0.342 e. The van der Waals surface area contributed by atoms with Crippen molar-refractivity contribution in [2.45, 2.75) is 33.2 Å². The molecule has 1 amide bonds. The molecule has 3 aromatic carbocycles. The molecule has 1 fully saturated rings. The number of rotatable bonds is 7. The summed E-state index contributed by atoms with van der Waals surface area (Å²) in [5, 5.41) is 2.90. The Bertz CT molecular complexity index is 1520. The number of hydrogen-bond acceptors (Lipinski definition) is 3. The maximum atomic E-state index is 13.5. The van der Waals surface area contributed by atoms with Crippen LogP contribution in [0.1, 0.15) is 36.5 Å². The van der Waals surface area contributed by atoms with Crippen LogP contribution in [-0.4, -0.2) is 27.1 Å². The monoisotopic (exact) mass is 547 g/mol. The normalized spacial score (nSPS) is 16.0. The number of nitrogens with zero attached hydrogens (tertiary/aromatic N) is 3. The number of aromatic nitrogens is 1. The predicted octanol–water partition coefficient (Wildman–Crippen LogP) is 8.71. The second kappa shape index (κ2) is 11.2. The van der Waals surface area contributed by atoms with E-state index in [4.69, 9.17) is 28.2 Å². The first-order chi connectivity index (χ1) is 17.9. The minimum absolute atomic E-state index is 0.00521. The summed E-state index contributed by atoms with van der Waals surface area (Å²) in [6.45, 7) is 5.48. The van der Waals surface area contributed by atoms with Crippen molar-refractivity contribution in [2.75, 3.05) is 6.54 Å². The summed E-state index contributed by atoms with van der Waals surface area (Å²) >= 11 is 13.8. The Labute approximate surface area is 231 Å². The van der Waals surface area contributed by atoms with Crippen LogP contribution in [0.5, 0.6) is 0 Å². The molecule has 1 saturated heterocycles. The van der Waals surface area contributed by atoms with Gasteiger partial charge < -0.3 is 4.57 Å². The van der Waals surface area contributed by atoms with Gasteiger partial charge in [0.1, 0.15) is 0 Å². The van der Waals surface area contributed by atoms with Gasteiger partial charge in [0.25, 0.3) is 5.91 Å². The van der Waals surface area contributed by atoms with E-state index < -0.39 is 0 Å². The van der Waals surface area contributed by atoms with Crippen molar-refractivity contribution in [2.24, 2.45) is 4.99 Å². The number of unbranched alkanes of at least 4 members (excludes halogenated alkanes) is 1. The van der Waals surface area contributed by atoms with Crippen molar-refractivity contribution < 1.29 is 4.79 Å². The van der Waals surface area contributed by atoms with Crippen LogP contribution in [0.25, 0.3) is 17.0 Å². The molecule has 0 atom stereocenters. The third kappa shape index (κ3) is 5.64. The van der Waals surface area contributed by atoms with Gasteiger partial charge in [-0.2, -0.15) is 0 Å². The van der Waals surface area contributed by atoms with E-state index in [0.29, 0.717) is 28.0 Å². The number of thioether (sulfide) groups is 1. The van der Waals surface area contributed by atoms with Crippen LogP contribution >= 0.6 is 35.0 Å². The molecule has 0 unspecified atom stereocenters. The zero-order valence-corrected chi connectivity index (χ0v) is 23.1. The molecule has 188 valence electrons. The van der Waals surface area contributed by atoms with Gasteiger partial charge in [0.15, 0.2) is 5.17 Å².